The Hall–Kier alpha value is -1.80. The summed E-state index contributed by atoms with van der Waals surface area (Å²) in [6.45, 7) is 8.12. The van der Waals surface area contributed by atoms with Crippen molar-refractivity contribution in [3.8, 4) is 5.75 Å². The zero-order valence-electron chi connectivity index (χ0n) is 13.4. The highest BCUT2D eigenvalue weighted by molar-refractivity contribution is 5.33. The topological polar surface area (TPSA) is 21.3 Å². The number of benzene rings is 2. The standard InChI is InChI=1S/C19H25NO/c1-19(2,3)17-10-7-11-18(12-17)21-14-16-9-6-5-8-15(16)13-20-4/h5-12,20H,13-14H2,1-4H3. The van der Waals surface area contributed by atoms with E-state index >= 15 is 0 Å². The first kappa shape index (κ1) is 15.6. The zero-order chi connectivity index (χ0) is 15.3. The van der Waals surface area contributed by atoms with Gasteiger partial charge in [-0.15, -0.1) is 0 Å². The molecule has 0 saturated carbocycles. The molecule has 0 atom stereocenters. The first-order valence-corrected chi connectivity index (χ1v) is 7.45. The van der Waals surface area contributed by atoms with E-state index in [1.54, 1.807) is 0 Å². The van der Waals surface area contributed by atoms with Crippen molar-refractivity contribution in [3.63, 3.8) is 0 Å². The van der Waals surface area contributed by atoms with Crippen LogP contribution < -0.4 is 10.1 Å². The van der Waals surface area contributed by atoms with Crippen LogP contribution in [0.15, 0.2) is 48.5 Å². The predicted molar refractivity (Wildman–Crippen MR) is 88.7 cm³/mol. The van der Waals surface area contributed by atoms with Gasteiger partial charge in [-0.1, -0.05) is 57.2 Å². The molecule has 2 nitrogen and oxygen atoms in total. The number of hydrogen-bond donors (Lipinski definition) is 1. The van der Waals surface area contributed by atoms with E-state index < -0.39 is 0 Å². The average Bonchev–Trinajstić information content (AvgIpc) is 2.46. The molecule has 0 aliphatic rings. The van der Waals surface area contributed by atoms with Crippen LogP contribution in [0.5, 0.6) is 5.75 Å². The molecule has 112 valence electrons. The van der Waals surface area contributed by atoms with Crippen LogP contribution in [0.25, 0.3) is 0 Å². The molecule has 0 saturated heterocycles. The van der Waals surface area contributed by atoms with Crippen molar-refractivity contribution in [1.29, 1.82) is 0 Å². The Labute approximate surface area is 128 Å². The molecule has 21 heavy (non-hydrogen) atoms. The molecule has 0 heterocycles. The molecule has 0 amide bonds. The number of nitrogens with one attached hydrogen (secondary N) is 1. The zero-order valence-corrected chi connectivity index (χ0v) is 13.4. The summed E-state index contributed by atoms with van der Waals surface area (Å²) < 4.78 is 5.99. The average molecular weight is 283 g/mol. The molecule has 0 bridgehead atoms. The largest absolute Gasteiger partial charge is 0.489 e. The molecule has 1 N–H and O–H groups in total. The lowest BCUT2D eigenvalue weighted by Crippen LogP contribution is -2.11. The summed E-state index contributed by atoms with van der Waals surface area (Å²) >= 11 is 0. The summed E-state index contributed by atoms with van der Waals surface area (Å²) in [4.78, 5) is 0. The quantitative estimate of drug-likeness (QED) is 0.884. The molecule has 2 aromatic rings. The number of rotatable bonds is 5. The monoisotopic (exact) mass is 283 g/mol. The first-order chi connectivity index (χ1) is 10.0. The molecule has 2 heteroatoms. The molecule has 0 fully saturated rings. The predicted octanol–water partition coefficient (Wildman–Crippen LogP) is 4.28. The lowest BCUT2D eigenvalue weighted by Gasteiger charge is -2.20. The van der Waals surface area contributed by atoms with Gasteiger partial charge in [-0.05, 0) is 41.3 Å². The Morgan fingerprint density at radius 3 is 2.33 bits per heavy atom. The third-order valence-corrected chi connectivity index (χ3v) is 3.58. The van der Waals surface area contributed by atoms with Crippen LogP contribution in [0.2, 0.25) is 0 Å². The second-order valence-corrected chi connectivity index (χ2v) is 6.37. The molecular weight excluding hydrogens is 258 g/mol. The van der Waals surface area contributed by atoms with E-state index in [1.807, 2.05) is 13.1 Å². The minimum atomic E-state index is 0.142. The van der Waals surface area contributed by atoms with Crippen LogP contribution in [0.4, 0.5) is 0 Å². The summed E-state index contributed by atoms with van der Waals surface area (Å²) in [6.07, 6.45) is 0. The maximum atomic E-state index is 5.99. The van der Waals surface area contributed by atoms with Gasteiger partial charge in [0.2, 0.25) is 0 Å². The Bertz CT molecular complexity index is 584. The van der Waals surface area contributed by atoms with Gasteiger partial charge in [0.05, 0.1) is 0 Å². The molecule has 0 aliphatic carbocycles. The fourth-order valence-electron chi connectivity index (χ4n) is 2.27. The normalized spacial score (nSPS) is 11.4. The van der Waals surface area contributed by atoms with Crippen molar-refractivity contribution in [3.05, 3.63) is 65.2 Å². The van der Waals surface area contributed by atoms with Crippen LogP contribution in [0.1, 0.15) is 37.5 Å². The molecule has 2 aromatic carbocycles. The van der Waals surface area contributed by atoms with Crippen LogP contribution in [-0.2, 0) is 18.6 Å². The second-order valence-electron chi connectivity index (χ2n) is 6.37. The molecule has 0 spiro atoms. The summed E-state index contributed by atoms with van der Waals surface area (Å²) in [5.41, 5.74) is 3.95. The highest BCUT2D eigenvalue weighted by Crippen LogP contribution is 2.26. The summed E-state index contributed by atoms with van der Waals surface area (Å²) in [6, 6.07) is 16.8. The van der Waals surface area contributed by atoms with E-state index in [4.69, 9.17) is 4.74 Å². The van der Waals surface area contributed by atoms with Crippen molar-refractivity contribution >= 4 is 0 Å². The van der Waals surface area contributed by atoms with Crippen LogP contribution >= 0.6 is 0 Å². The summed E-state index contributed by atoms with van der Waals surface area (Å²) in [5.74, 6) is 0.932. The van der Waals surface area contributed by atoms with Gasteiger partial charge in [0.25, 0.3) is 0 Å². The minimum Gasteiger partial charge on any atom is -0.489 e. The smallest absolute Gasteiger partial charge is 0.120 e. The van der Waals surface area contributed by atoms with Crippen molar-refractivity contribution in [1.82, 2.24) is 5.32 Å². The molecule has 0 aliphatic heterocycles. The summed E-state index contributed by atoms with van der Waals surface area (Å²) in [5, 5.41) is 3.20. The number of ether oxygens (including phenoxy) is 1. The van der Waals surface area contributed by atoms with Crippen LogP contribution in [-0.4, -0.2) is 7.05 Å². The van der Waals surface area contributed by atoms with E-state index in [-0.39, 0.29) is 5.41 Å². The van der Waals surface area contributed by atoms with Crippen molar-refractivity contribution < 1.29 is 4.74 Å². The van der Waals surface area contributed by atoms with E-state index in [2.05, 4.69) is 68.6 Å². The minimum absolute atomic E-state index is 0.142. The van der Waals surface area contributed by atoms with Crippen molar-refractivity contribution in [2.24, 2.45) is 0 Å². The molecular formula is C19H25NO. The lowest BCUT2D eigenvalue weighted by molar-refractivity contribution is 0.304. The van der Waals surface area contributed by atoms with Gasteiger partial charge in [-0.2, -0.15) is 0 Å². The molecule has 2 rings (SSSR count). The third kappa shape index (κ3) is 4.33. The van der Waals surface area contributed by atoms with Gasteiger partial charge in [-0.25, -0.2) is 0 Å². The Morgan fingerprint density at radius 1 is 0.952 bits per heavy atom. The van der Waals surface area contributed by atoms with E-state index in [0.717, 1.165) is 12.3 Å². The van der Waals surface area contributed by atoms with E-state index in [0.29, 0.717) is 6.61 Å². The lowest BCUT2D eigenvalue weighted by atomic mass is 9.87. The van der Waals surface area contributed by atoms with Gasteiger partial charge >= 0.3 is 0 Å². The van der Waals surface area contributed by atoms with Gasteiger partial charge in [0.15, 0.2) is 0 Å². The van der Waals surface area contributed by atoms with E-state index in [1.165, 1.54) is 16.7 Å². The second kappa shape index (κ2) is 6.77. The van der Waals surface area contributed by atoms with Crippen molar-refractivity contribution in [2.45, 2.75) is 39.3 Å². The number of hydrogen-bond acceptors (Lipinski definition) is 2. The molecule has 0 aromatic heterocycles. The Kier molecular flexibility index (Phi) is 5.03. The summed E-state index contributed by atoms with van der Waals surface area (Å²) in [7, 11) is 1.96. The van der Waals surface area contributed by atoms with Crippen LogP contribution in [0, 0.1) is 0 Å². The highest BCUT2D eigenvalue weighted by Gasteiger charge is 2.14. The third-order valence-electron chi connectivity index (χ3n) is 3.58. The first-order valence-electron chi connectivity index (χ1n) is 7.45. The highest BCUT2D eigenvalue weighted by atomic mass is 16.5. The van der Waals surface area contributed by atoms with Gasteiger partial charge in [-0.3, -0.25) is 0 Å². The SMILES string of the molecule is CNCc1ccccc1COc1cccc(C(C)(C)C)c1. The fourth-order valence-corrected chi connectivity index (χ4v) is 2.27. The van der Waals surface area contributed by atoms with Gasteiger partial charge < -0.3 is 10.1 Å². The molecule has 0 radical (unpaired) electrons. The fraction of sp³-hybridized carbons (Fsp3) is 0.368. The Morgan fingerprint density at radius 2 is 1.67 bits per heavy atom. The van der Waals surface area contributed by atoms with E-state index in [9.17, 15) is 0 Å². The van der Waals surface area contributed by atoms with Crippen molar-refractivity contribution in [2.75, 3.05) is 7.05 Å². The van der Waals surface area contributed by atoms with Gasteiger partial charge in [0, 0.05) is 6.54 Å². The molecule has 0 unspecified atom stereocenters. The Balaban J connectivity index is 2.10. The van der Waals surface area contributed by atoms with Gasteiger partial charge in [0.1, 0.15) is 12.4 Å². The van der Waals surface area contributed by atoms with Crippen LogP contribution in [0.3, 0.4) is 0 Å². The maximum Gasteiger partial charge on any atom is 0.120 e. The maximum absolute atomic E-state index is 5.99.